The zero-order valence-electron chi connectivity index (χ0n) is 11.7. The highest BCUT2D eigenvalue weighted by Gasteiger charge is 2.27. The minimum absolute atomic E-state index is 0.368. The average Bonchev–Trinajstić information content (AvgIpc) is 2.25. The molecule has 1 atom stereocenters. The maximum atomic E-state index is 5.41. The van der Waals surface area contributed by atoms with E-state index in [4.69, 9.17) is 4.74 Å². The lowest BCUT2D eigenvalue weighted by molar-refractivity contribution is 0.0582. The van der Waals surface area contributed by atoms with E-state index >= 15 is 0 Å². The van der Waals surface area contributed by atoms with Gasteiger partial charge in [0.1, 0.15) is 0 Å². The molecule has 0 saturated heterocycles. The van der Waals surface area contributed by atoms with Gasteiger partial charge in [0.25, 0.3) is 0 Å². The van der Waals surface area contributed by atoms with E-state index in [1.54, 1.807) is 0 Å². The first-order valence-corrected chi connectivity index (χ1v) is 6.76. The normalized spacial score (nSPS) is 29.1. The molecule has 0 radical (unpaired) electrons. The van der Waals surface area contributed by atoms with Crippen LogP contribution in [0.2, 0.25) is 0 Å². The Morgan fingerprint density at radius 3 is 2.12 bits per heavy atom. The van der Waals surface area contributed by atoms with Crippen molar-refractivity contribution in [2.75, 3.05) is 7.11 Å². The molecule has 0 aromatic carbocycles. The topological polar surface area (TPSA) is 21.3 Å². The lowest BCUT2D eigenvalue weighted by Gasteiger charge is -2.37. The van der Waals surface area contributed by atoms with Gasteiger partial charge in [-0.05, 0) is 37.5 Å². The molecule has 0 aromatic rings. The van der Waals surface area contributed by atoms with E-state index in [1.165, 1.54) is 32.1 Å². The Morgan fingerprint density at radius 1 is 1.19 bits per heavy atom. The summed E-state index contributed by atoms with van der Waals surface area (Å²) in [6.45, 7) is 9.27. The van der Waals surface area contributed by atoms with Crippen LogP contribution in [0.3, 0.4) is 0 Å². The van der Waals surface area contributed by atoms with Crippen molar-refractivity contribution in [2.24, 2.45) is 5.41 Å². The SMILES string of the molecule is CCC(NC1CCC(OC)CC1)C(C)(C)C. The monoisotopic (exact) mass is 227 g/mol. The first-order chi connectivity index (χ1) is 7.47. The van der Waals surface area contributed by atoms with Crippen LogP contribution in [0.4, 0.5) is 0 Å². The zero-order valence-corrected chi connectivity index (χ0v) is 11.7. The van der Waals surface area contributed by atoms with Gasteiger partial charge in [-0.25, -0.2) is 0 Å². The van der Waals surface area contributed by atoms with Crippen molar-refractivity contribution < 1.29 is 4.74 Å². The second kappa shape index (κ2) is 6.02. The lowest BCUT2D eigenvalue weighted by Crippen LogP contribution is -2.47. The molecule has 0 spiro atoms. The van der Waals surface area contributed by atoms with Gasteiger partial charge in [-0.2, -0.15) is 0 Å². The van der Waals surface area contributed by atoms with Gasteiger partial charge < -0.3 is 10.1 Å². The average molecular weight is 227 g/mol. The van der Waals surface area contributed by atoms with E-state index in [1.807, 2.05) is 7.11 Å². The molecule has 1 aliphatic rings. The Kier molecular flexibility index (Phi) is 5.26. The minimum Gasteiger partial charge on any atom is -0.381 e. The molecule has 0 amide bonds. The molecular weight excluding hydrogens is 198 g/mol. The molecule has 1 saturated carbocycles. The van der Waals surface area contributed by atoms with Crippen LogP contribution >= 0.6 is 0 Å². The zero-order chi connectivity index (χ0) is 12.2. The van der Waals surface area contributed by atoms with E-state index in [0.717, 1.165) is 0 Å². The summed E-state index contributed by atoms with van der Waals surface area (Å²) in [4.78, 5) is 0. The highest BCUT2D eigenvalue weighted by molar-refractivity contribution is 4.85. The van der Waals surface area contributed by atoms with Crippen LogP contribution in [0.15, 0.2) is 0 Å². The Labute approximate surface area is 101 Å². The summed E-state index contributed by atoms with van der Waals surface area (Å²) in [5.41, 5.74) is 0.368. The van der Waals surface area contributed by atoms with Crippen molar-refractivity contribution in [1.82, 2.24) is 5.32 Å². The second-order valence-corrected chi connectivity index (χ2v) is 6.20. The first kappa shape index (κ1) is 14.0. The van der Waals surface area contributed by atoms with Gasteiger partial charge in [0.15, 0.2) is 0 Å². The Bertz CT molecular complexity index is 189. The summed E-state index contributed by atoms with van der Waals surface area (Å²) in [5.74, 6) is 0. The summed E-state index contributed by atoms with van der Waals surface area (Å²) < 4.78 is 5.41. The molecule has 1 unspecified atom stereocenters. The summed E-state index contributed by atoms with van der Waals surface area (Å²) in [6, 6.07) is 1.34. The van der Waals surface area contributed by atoms with E-state index < -0.39 is 0 Å². The third-order valence-electron chi connectivity index (χ3n) is 3.90. The number of rotatable bonds is 4. The van der Waals surface area contributed by atoms with Crippen molar-refractivity contribution in [3.05, 3.63) is 0 Å². The van der Waals surface area contributed by atoms with Gasteiger partial charge in [0.05, 0.1) is 6.10 Å². The first-order valence-electron chi connectivity index (χ1n) is 6.76. The highest BCUT2D eigenvalue weighted by Crippen LogP contribution is 2.26. The van der Waals surface area contributed by atoms with Crippen LogP contribution < -0.4 is 5.32 Å². The van der Waals surface area contributed by atoms with Gasteiger partial charge in [0, 0.05) is 19.2 Å². The smallest absolute Gasteiger partial charge is 0.0572 e. The number of hydrogen-bond donors (Lipinski definition) is 1. The summed E-state index contributed by atoms with van der Waals surface area (Å²) >= 11 is 0. The molecular formula is C14H29NO. The fourth-order valence-electron chi connectivity index (χ4n) is 2.73. The van der Waals surface area contributed by atoms with Crippen molar-refractivity contribution in [3.8, 4) is 0 Å². The molecule has 2 heteroatoms. The minimum atomic E-state index is 0.368. The van der Waals surface area contributed by atoms with Gasteiger partial charge >= 0.3 is 0 Å². The molecule has 1 N–H and O–H groups in total. The standard InChI is InChI=1S/C14H29NO/c1-6-13(14(2,3)4)15-11-7-9-12(16-5)10-8-11/h11-13,15H,6-10H2,1-5H3. The Balaban J connectivity index is 2.37. The quantitative estimate of drug-likeness (QED) is 0.795. The predicted molar refractivity (Wildman–Crippen MR) is 69.7 cm³/mol. The molecule has 1 aliphatic carbocycles. The molecule has 0 bridgehead atoms. The third-order valence-corrected chi connectivity index (χ3v) is 3.90. The van der Waals surface area contributed by atoms with Crippen molar-refractivity contribution in [3.63, 3.8) is 0 Å². The second-order valence-electron chi connectivity index (χ2n) is 6.20. The highest BCUT2D eigenvalue weighted by atomic mass is 16.5. The van der Waals surface area contributed by atoms with Crippen molar-refractivity contribution in [1.29, 1.82) is 0 Å². The molecule has 96 valence electrons. The summed E-state index contributed by atoms with van der Waals surface area (Å²) in [5, 5.41) is 3.83. The number of methoxy groups -OCH3 is 1. The van der Waals surface area contributed by atoms with Crippen LogP contribution in [0, 0.1) is 5.41 Å². The lowest BCUT2D eigenvalue weighted by atomic mass is 9.83. The summed E-state index contributed by atoms with van der Waals surface area (Å²) in [7, 11) is 1.84. The summed E-state index contributed by atoms with van der Waals surface area (Å²) in [6.07, 6.45) is 6.70. The van der Waals surface area contributed by atoms with Crippen LogP contribution in [-0.2, 0) is 4.74 Å². The molecule has 0 heterocycles. The van der Waals surface area contributed by atoms with E-state index in [-0.39, 0.29) is 0 Å². The van der Waals surface area contributed by atoms with Crippen LogP contribution in [0.1, 0.15) is 59.8 Å². The number of ether oxygens (including phenoxy) is 1. The molecule has 2 nitrogen and oxygen atoms in total. The van der Waals surface area contributed by atoms with Crippen molar-refractivity contribution >= 4 is 0 Å². The Morgan fingerprint density at radius 2 is 1.75 bits per heavy atom. The molecule has 16 heavy (non-hydrogen) atoms. The fraction of sp³-hybridized carbons (Fsp3) is 1.00. The molecule has 0 aromatic heterocycles. The van der Waals surface area contributed by atoms with Gasteiger partial charge in [0.2, 0.25) is 0 Å². The van der Waals surface area contributed by atoms with Crippen molar-refractivity contribution in [2.45, 2.75) is 78.0 Å². The maximum absolute atomic E-state index is 5.41. The van der Waals surface area contributed by atoms with Gasteiger partial charge in [-0.1, -0.05) is 27.7 Å². The van der Waals surface area contributed by atoms with Crippen LogP contribution in [-0.4, -0.2) is 25.3 Å². The van der Waals surface area contributed by atoms with E-state index in [9.17, 15) is 0 Å². The third kappa shape index (κ3) is 4.06. The van der Waals surface area contributed by atoms with E-state index in [0.29, 0.717) is 23.6 Å². The maximum Gasteiger partial charge on any atom is 0.0572 e. The molecule has 1 fully saturated rings. The number of nitrogens with one attached hydrogen (secondary N) is 1. The molecule has 1 rings (SSSR count). The van der Waals surface area contributed by atoms with Crippen LogP contribution in [0.5, 0.6) is 0 Å². The largest absolute Gasteiger partial charge is 0.381 e. The predicted octanol–water partition coefficient (Wildman–Crippen LogP) is 3.36. The van der Waals surface area contributed by atoms with Gasteiger partial charge in [-0.3, -0.25) is 0 Å². The number of hydrogen-bond acceptors (Lipinski definition) is 2. The van der Waals surface area contributed by atoms with Crippen LogP contribution in [0.25, 0.3) is 0 Å². The molecule has 0 aliphatic heterocycles. The van der Waals surface area contributed by atoms with E-state index in [2.05, 4.69) is 33.0 Å². The van der Waals surface area contributed by atoms with Gasteiger partial charge in [-0.15, -0.1) is 0 Å². The Hall–Kier alpha value is -0.0800. The fourth-order valence-corrected chi connectivity index (χ4v) is 2.73.